The van der Waals surface area contributed by atoms with Gasteiger partial charge >= 0.3 is 0 Å². The number of amides is 2. The van der Waals surface area contributed by atoms with E-state index in [1.54, 1.807) is 6.07 Å². The van der Waals surface area contributed by atoms with Crippen molar-refractivity contribution in [2.45, 2.75) is 31.8 Å². The third-order valence-corrected chi connectivity index (χ3v) is 6.76. The van der Waals surface area contributed by atoms with Gasteiger partial charge in [0, 0.05) is 31.6 Å². The van der Waals surface area contributed by atoms with Crippen molar-refractivity contribution in [3.8, 4) is 0 Å². The molecule has 3 aliphatic rings. The highest BCUT2D eigenvalue weighted by molar-refractivity contribution is 5.96. The molecular formula is C24H31N3O4. The molecule has 1 aromatic carbocycles. The van der Waals surface area contributed by atoms with E-state index in [1.807, 2.05) is 29.2 Å². The second-order valence-corrected chi connectivity index (χ2v) is 9.28. The second-order valence-electron chi connectivity index (χ2n) is 9.28. The average molecular weight is 426 g/mol. The number of nitrogens with zero attached hydrogens (tertiary/aromatic N) is 2. The van der Waals surface area contributed by atoms with Crippen LogP contribution in [0.15, 0.2) is 34.7 Å². The lowest BCUT2D eigenvalue weighted by molar-refractivity contribution is -0.149. The van der Waals surface area contributed by atoms with Crippen LogP contribution in [0, 0.1) is 11.8 Å². The van der Waals surface area contributed by atoms with E-state index in [2.05, 4.69) is 10.2 Å². The Bertz CT molecular complexity index is 897. The molecule has 2 aliphatic heterocycles. The Hall–Kier alpha value is -2.38. The molecule has 166 valence electrons. The highest BCUT2D eigenvalue weighted by atomic mass is 16.5. The first-order valence-corrected chi connectivity index (χ1v) is 11.5. The third kappa shape index (κ3) is 5.10. The molecule has 2 amide bonds. The van der Waals surface area contributed by atoms with Crippen molar-refractivity contribution in [2.75, 3.05) is 45.9 Å². The number of carbonyl (C=O) groups is 2. The fraction of sp³-hybridized carbons (Fsp3) is 0.583. The number of benzene rings is 1. The summed E-state index contributed by atoms with van der Waals surface area (Å²) in [5.74, 6) is 1.59. The zero-order valence-corrected chi connectivity index (χ0v) is 17.9. The van der Waals surface area contributed by atoms with Crippen LogP contribution >= 0.6 is 0 Å². The van der Waals surface area contributed by atoms with Gasteiger partial charge in [-0.2, -0.15) is 0 Å². The molecule has 3 fully saturated rings. The summed E-state index contributed by atoms with van der Waals surface area (Å²) in [5.41, 5.74) is 0.696. The molecule has 7 heteroatoms. The second kappa shape index (κ2) is 9.01. The zero-order valence-electron chi connectivity index (χ0n) is 17.9. The standard InChI is InChI=1S/C24H31N3O4/c28-23-16-30-20(12-25-24(29)22-11-19-3-1-2-4-21(19)31-22)15-27(23)14-18-7-9-26(10-8-18)13-17-5-6-17/h1-4,11,17-18,20H,5-10,12-16H2,(H,25,29). The lowest BCUT2D eigenvalue weighted by Crippen LogP contribution is -2.52. The van der Waals surface area contributed by atoms with Gasteiger partial charge in [-0.1, -0.05) is 18.2 Å². The third-order valence-electron chi connectivity index (χ3n) is 6.76. The Morgan fingerprint density at radius 3 is 2.61 bits per heavy atom. The van der Waals surface area contributed by atoms with Crippen LogP contribution in [-0.4, -0.2) is 73.6 Å². The van der Waals surface area contributed by atoms with Gasteiger partial charge in [0.15, 0.2) is 5.76 Å². The minimum Gasteiger partial charge on any atom is -0.451 e. The summed E-state index contributed by atoms with van der Waals surface area (Å²) in [6, 6.07) is 9.30. The Morgan fingerprint density at radius 1 is 1.06 bits per heavy atom. The lowest BCUT2D eigenvalue weighted by Gasteiger charge is -2.38. The van der Waals surface area contributed by atoms with Crippen LogP contribution in [0.3, 0.4) is 0 Å². The molecule has 7 nitrogen and oxygen atoms in total. The van der Waals surface area contributed by atoms with E-state index < -0.39 is 0 Å². The molecule has 3 heterocycles. The summed E-state index contributed by atoms with van der Waals surface area (Å²) >= 11 is 0. The van der Waals surface area contributed by atoms with Gasteiger partial charge in [-0.3, -0.25) is 9.59 Å². The highest BCUT2D eigenvalue weighted by Crippen LogP contribution is 2.31. The van der Waals surface area contributed by atoms with Crippen molar-refractivity contribution in [2.24, 2.45) is 11.8 Å². The molecule has 31 heavy (non-hydrogen) atoms. The summed E-state index contributed by atoms with van der Waals surface area (Å²) in [6.45, 7) is 5.34. The van der Waals surface area contributed by atoms with Crippen LogP contribution in [0.5, 0.6) is 0 Å². The van der Waals surface area contributed by atoms with Crippen LogP contribution in [0.4, 0.5) is 0 Å². The molecular weight excluding hydrogens is 394 g/mol. The number of hydrogen-bond acceptors (Lipinski definition) is 5. The van der Waals surface area contributed by atoms with E-state index in [-0.39, 0.29) is 24.5 Å². The van der Waals surface area contributed by atoms with Gasteiger partial charge in [-0.05, 0) is 62.7 Å². The van der Waals surface area contributed by atoms with Crippen LogP contribution in [0.1, 0.15) is 36.2 Å². The molecule has 2 aromatic rings. The summed E-state index contributed by atoms with van der Waals surface area (Å²) < 4.78 is 11.3. The van der Waals surface area contributed by atoms with Crippen molar-refractivity contribution in [1.82, 2.24) is 15.1 Å². The molecule has 0 spiro atoms. The molecule has 2 saturated heterocycles. The van der Waals surface area contributed by atoms with Crippen molar-refractivity contribution < 1.29 is 18.7 Å². The first kappa shape index (κ1) is 20.5. The molecule has 1 saturated carbocycles. The van der Waals surface area contributed by atoms with Gasteiger partial charge in [0.2, 0.25) is 5.91 Å². The minimum atomic E-state index is -0.258. The number of hydrogen-bond donors (Lipinski definition) is 1. The van der Waals surface area contributed by atoms with Crippen LogP contribution in [0.2, 0.25) is 0 Å². The minimum absolute atomic E-state index is 0.0558. The van der Waals surface area contributed by atoms with Crippen LogP contribution in [0.25, 0.3) is 11.0 Å². The number of fused-ring (bicyclic) bond motifs is 1. The number of likely N-dealkylation sites (tertiary alicyclic amines) is 1. The summed E-state index contributed by atoms with van der Waals surface area (Å²) in [4.78, 5) is 29.4. The number of piperidine rings is 1. The predicted molar refractivity (Wildman–Crippen MR) is 117 cm³/mol. The number of furan rings is 1. The summed E-state index contributed by atoms with van der Waals surface area (Å²) in [5, 5.41) is 3.80. The maximum absolute atomic E-state index is 12.5. The predicted octanol–water partition coefficient (Wildman–Crippen LogP) is 2.51. The van der Waals surface area contributed by atoms with E-state index >= 15 is 0 Å². The molecule has 1 N–H and O–H groups in total. The quantitative estimate of drug-likeness (QED) is 0.738. The molecule has 1 atom stereocenters. The van der Waals surface area contributed by atoms with Crippen LogP contribution in [-0.2, 0) is 9.53 Å². The Balaban J connectivity index is 1.09. The van der Waals surface area contributed by atoms with Gasteiger partial charge in [-0.15, -0.1) is 0 Å². The number of morpholine rings is 1. The first-order chi connectivity index (χ1) is 15.1. The molecule has 1 aliphatic carbocycles. The smallest absolute Gasteiger partial charge is 0.287 e. The highest BCUT2D eigenvalue weighted by Gasteiger charge is 2.31. The Labute approximate surface area is 182 Å². The lowest BCUT2D eigenvalue weighted by atomic mass is 9.95. The van der Waals surface area contributed by atoms with Crippen molar-refractivity contribution in [3.63, 3.8) is 0 Å². The van der Waals surface area contributed by atoms with Crippen molar-refractivity contribution in [1.29, 1.82) is 0 Å². The molecule has 0 radical (unpaired) electrons. The topological polar surface area (TPSA) is 75.0 Å². The maximum atomic E-state index is 12.5. The van der Waals surface area contributed by atoms with E-state index in [1.165, 1.54) is 19.4 Å². The first-order valence-electron chi connectivity index (χ1n) is 11.5. The fourth-order valence-electron chi connectivity index (χ4n) is 4.70. The van der Waals surface area contributed by atoms with E-state index in [4.69, 9.17) is 9.15 Å². The number of para-hydroxylation sites is 1. The number of nitrogens with one attached hydrogen (secondary N) is 1. The van der Waals surface area contributed by atoms with Crippen LogP contribution < -0.4 is 5.32 Å². The summed E-state index contributed by atoms with van der Waals surface area (Å²) in [6.07, 6.45) is 4.92. The molecule has 0 bridgehead atoms. The number of ether oxygens (including phenoxy) is 1. The number of rotatable bonds is 7. The maximum Gasteiger partial charge on any atom is 0.287 e. The van der Waals surface area contributed by atoms with Gasteiger partial charge in [0.1, 0.15) is 12.2 Å². The Morgan fingerprint density at radius 2 is 1.84 bits per heavy atom. The van der Waals surface area contributed by atoms with E-state index in [9.17, 15) is 9.59 Å². The van der Waals surface area contributed by atoms with Gasteiger partial charge in [-0.25, -0.2) is 0 Å². The fourth-order valence-corrected chi connectivity index (χ4v) is 4.70. The van der Waals surface area contributed by atoms with Gasteiger partial charge in [0.25, 0.3) is 5.91 Å². The van der Waals surface area contributed by atoms with Gasteiger partial charge in [0.05, 0.1) is 6.10 Å². The summed E-state index contributed by atoms with van der Waals surface area (Å²) in [7, 11) is 0. The monoisotopic (exact) mass is 425 g/mol. The Kier molecular flexibility index (Phi) is 5.96. The average Bonchev–Trinajstić information content (AvgIpc) is 3.49. The molecule has 1 unspecified atom stereocenters. The largest absolute Gasteiger partial charge is 0.451 e. The molecule has 5 rings (SSSR count). The zero-order chi connectivity index (χ0) is 21.2. The van der Waals surface area contributed by atoms with Crippen molar-refractivity contribution in [3.05, 3.63) is 36.1 Å². The van der Waals surface area contributed by atoms with E-state index in [0.29, 0.717) is 30.4 Å². The normalized spacial score (nSPS) is 23.4. The SMILES string of the molecule is O=C(NCC1CN(CC2CCN(CC3CC3)CC2)C(=O)CO1)c1cc2ccccc2o1. The van der Waals surface area contributed by atoms with Gasteiger partial charge < -0.3 is 24.3 Å². The number of carbonyl (C=O) groups excluding carboxylic acids is 2. The molecule has 1 aromatic heterocycles. The van der Waals surface area contributed by atoms with E-state index in [0.717, 1.165) is 43.8 Å². The van der Waals surface area contributed by atoms with Crippen molar-refractivity contribution >= 4 is 22.8 Å².